The minimum atomic E-state index is -1.36. The van der Waals surface area contributed by atoms with E-state index >= 15 is 0 Å². The molecule has 3 heteroatoms. The first-order valence-corrected chi connectivity index (χ1v) is 6.38. The van der Waals surface area contributed by atoms with Crippen LogP contribution in [0, 0.1) is 5.92 Å². The maximum absolute atomic E-state index is 14.8. The van der Waals surface area contributed by atoms with Gasteiger partial charge in [-0.05, 0) is 49.3 Å². The van der Waals surface area contributed by atoms with Crippen molar-refractivity contribution in [3.05, 3.63) is 29.8 Å². The summed E-state index contributed by atoms with van der Waals surface area (Å²) < 4.78 is 20.5. The van der Waals surface area contributed by atoms with E-state index in [-0.39, 0.29) is 12.5 Å². The van der Waals surface area contributed by atoms with E-state index in [4.69, 9.17) is 10.5 Å². The lowest BCUT2D eigenvalue weighted by atomic mass is 9.90. The number of ether oxygens (including phenoxy) is 1. The van der Waals surface area contributed by atoms with E-state index in [0.717, 1.165) is 31.4 Å². The summed E-state index contributed by atoms with van der Waals surface area (Å²) >= 11 is 0. The Labute approximate surface area is 101 Å². The molecule has 0 aliphatic heterocycles. The lowest BCUT2D eigenvalue weighted by Crippen LogP contribution is -2.32. The van der Waals surface area contributed by atoms with Gasteiger partial charge in [0, 0.05) is 6.54 Å². The van der Waals surface area contributed by atoms with E-state index in [1.54, 1.807) is 0 Å². The summed E-state index contributed by atoms with van der Waals surface area (Å²) in [5.41, 5.74) is 4.95. The van der Waals surface area contributed by atoms with Crippen LogP contribution in [0.2, 0.25) is 0 Å². The molecule has 92 valence electrons. The van der Waals surface area contributed by atoms with Crippen LogP contribution in [0.15, 0.2) is 24.3 Å². The molecule has 1 unspecified atom stereocenters. The van der Waals surface area contributed by atoms with Gasteiger partial charge in [-0.1, -0.05) is 12.1 Å². The Morgan fingerprint density at radius 3 is 2.65 bits per heavy atom. The van der Waals surface area contributed by atoms with Gasteiger partial charge < -0.3 is 10.5 Å². The molecule has 1 aromatic carbocycles. The Kier molecular flexibility index (Phi) is 2.58. The molecule has 0 bridgehead atoms. The topological polar surface area (TPSA) is 35.2 Å². The standard InChI is InChI=1S/C14H18FNO/c15-14(9-16,10-4-5-10)11-2-1-3-13(8-11)17-12-6-7-12/h1-3,8,10,12H,4-7,9,16H2. The molecule has 3 rings (SSSR count). The van der Waals surface area contributed by atoms with E-state index in [0.29, 0.717) is 11.7 Å². The van der Waals surface area contributed by atoms with Gasteiger partial charge in [0.1, 0.15) is 5.75 Å². The zero-order valence-electron chi connectivity index (χ0n) is 9.86. The summed E-state index contributed by atoms with van der Waals surface area (Å²) in [5, 5.41) is 0. The molecule has 2 aliphatic rings. The molecule has 0 aromatic heterocycles. The largest absolute Gasteiger partial charge is 0.490 e. The summed E-state index contributed by atoms with van der Waals surface area (Å²) in [5.74, 6) is 0.879. The Morgan fingerprint density at radius 1 is 1.29 bits per heavy atom. The molecule has 1 aromatic rings. The monoisotopic (exact) mass is 235 g/mol. The summed E-state index contributed by atoms with van der Waals surface area (Å²) in [7, 11) is 0. The molecule has 1 atom stereocenters. The third kappa shape index (κ3) is 2.16. The molecular weight excluding hydrogens is 217 g/mol. The second-order valence-electron chi connectivity index (χ2n) is 5.19. The highest BCUT2D eigenvalue weighted by Crippen LogP contribution is 2.48. The highest BCUT2D eigenvalue weighted by atomic mass is 19.1. The Bertz CT molecular complexity index is 414. The number of halogens is 1. The fourth-order valence-corrected chi connectivity index (χ4v) is 2.27. The number of alkyl halides is 1. The van der Waals surface area contributed by atoms with Gasteiger partial charge >= 0.3 is 0 Å². The number of hydrogen-bond acceptors (Lipinski definition) is 2. The van der Waals surface area contributed by atoms with Gasteiger partial charge in [-0.3, -0.25) is 0 Å². The van der Waals surface area contributed by atoms with Crippen molar-refractivity contribution in [3.8, 4) is 5.75 Å². The number of rotatable bonds is 5. The number of benzene rings is 1. The van der Waals surface area contributed by atoms with E-state index in [9.17, 15) is 4.39 Å². The van der Waals surface area contributed by atoms with Crippen molar-refractivity contribution in [1.29, 1.82) is 0 Å². The molecule has 2 N–H and O–H groups in total. The second-order valence-corrected chi connectivity index (χ2v) is 5.19. The molecule has 0 heterocycles. The summed E-state index contributed by atoms with van der Waals surface area (Å²) in [4.78, 5) is 0. The van der Waals surface area contributed by atoms with Gasteiger partial charge in [-0.2, -0.15) is 0 Å². The van der Waals surface area contributed by atoms with Crippen molar-refractivity contribution >= 4 is 0 Å². The molecule has 0 radical (unpaired) electrons. The SMILES string of the molecule is NCC(F)(c1cccc(OC2CC2)c1)C1CC1. The molecule has 2 saturated carbocycles. The Morgan fingerprint density at radius 2 is 2.06 bits per heavy atom. The van der Waals surface area contributed by atoms with Gasteiger partial charge in [0.2, 0.25) is 0 Å². The van der Waals surface area contributed by atoms with Crippen LogP contribution in [0.4, 0.5) is 4.39 Å². The first kappa shape index (κ1) is 11.0. The maximum atomic E-state index is 14.8. The third-order valence-corrected chi connectivity index (χ3v) is 3.66. The number of hydrogen-bond donors (Lipinski definition) is 1. The quantitative estimate of drug-likeness (QED) is 0.851. The van der Waals surface area contributed by atoms with Crippen LogP contribution in [-0.2, 0) is 5.67 Å². The van der Waals surface area contributed by atoms with Crippen LogP contribution in [-0.4, -0.2) is 12.6 Å². The lowest BCUT2D eigenvalue weighted by Gasteiger charge is -2.24. The first-order chi connectivity index (χ1) is 8.22. The first-order valence-electron chi connectivity index (χ1n) is 6.38. The second kappa shape index (κ2) is 3.98. The average Bonchev–Trinajstić information content (AvgIpc) is 3.20. The summed E-state index contributed by atoms with van der Waals surface area (Å²) in [6.45, 7) is 0.0601. The van der Waals surface area contributed by atoms with E-state index in [1.807, 2.05) is 24.3 Å². The van der Waals surface area contributed by atoms with Crippen molar-refractivity contribution < 1.29 is 9.13 Å². The van der Waals surface area contributed by atoms with Gasteiger partial charge in [-0.15, -0.1) is 0 Å². The normalized spacial score (nSPS) is 23.2. The molecule has 2 aliphatic carbocycles. The molecule has 17 heavy (non-hydrogen) atoms. The fraction of sp³-hybridized carbons (Fsp3) is 0.571. The maximum Gasteiger partial charge on any atom is 0.151 e. The van der Waals surface area contributed by atoms with Crippen LogP contribution in [0.5, 0.6) is 5.75 Å². The Hall–Kier alpha value is -1.09. The molecule has 0 amide bonds. The van der Waals surface area contributed by atoms with Gasteiger partial charge in [-0.25, -0.2) is 4.39 Å². The number of nitrogens with two attached hydrogens (primary N) is 1. The van der Waals surface area contributed by atoms with E-state index in [2.05, 4.69) is 0 Å². The van der Waals surface area contributed by atoms with E-state index < -0.39 is 5.67 Å². The highest BCUT2D eigenvalue weighted by Gasteiger charge is 2.46. The van der Waals surface area contributed by atoms with Crippen molar-refractivity contribution in [1.82, 2.24) is 0 Å². The highest BCUT2D eigenvalue weighted by molar-refractivity contribution is 5.34. The fourth-order valence-electron chi connectivity index (χ4n) is 2.27. The Balaban J connectivity index is 1.84. The van der Waals surface area contributed by atoms with Gasteiger partial charge in [0.05, 0.1) is 6.10 Å². The van der Waals surface area contributed by atoms with Crippen LogP contribution < -0.4 is 10.5 Å². The van der Waals surface area contributed by atoms with Crippen molar-refractivity contribution in [2.45, 2.75) is 37.5 Å². The predicted octanol–water partition coefficient (Wildman–Crippen LogP) is 2.76. The zero-order chi connectivity index (χ0) is 11.9. The summed E-state index contributed by atoms with van der Waals surface area (Å²) in [6.07, 6.45) is 4.47. The van der Waals surface area contributed by atoms with Gasteiger partial charge in [0.15, 0.2) is 5.67 Å². The molecule has 0 spiro atoms. The van der Waals surface area contributed by atoms with Crippen LogP contribution in [0.25, 0.3) is 0 Å². The van der Waals surface area contributed by atoms with Crippen LogP contribution in [0.3, 0.4) is 0 Å². The van der Waals surface area contributed by atoms with E-state index in [1.165, 1.54) is 0 Å². The van der Waals surface area contributed by atoms with Crippen molar-refractivity contribution in [2.24, 2.45) is 11.7 Å². The molecule has 0 saturated heterocycles. The molecule has 2 fully saturated rings. The average molecular weight is 235 g/mol. The van der Waals surface area contributed by atoms with Crippen LogP contribution in [0.1, 0.15) is 31.2 Å². The summed E-state index contributed by atoms with van der Waals surface area (Å²) in [6, 6.07) is 7.40. The van der Waals surface area contributed by atoms with Crippen LogP contribution >= 0.6 is 0 Å². The predicted molar refractivity (Wildman–Crippen MR) is 64.7 cm³/mol. The zero-order valence-corrected chi connectivity index (χ0v) is 9.86. The lowest BCUT2D eigenvalue weighted by molar-refractivity contribution is 0.142. The van der Waals surface area contributed by atoms with Crippen molar-refractivity contribution in [3.63, 3.8) is 0 Å². The molecule has 2 nitrogen and oxygen atoms in total. The molecular formula is C14H18FNO. The minimum absolute atomic E-state index is 0.0601. The van der Waals surface area contributed by atoms with Crippen molar-refractivity contribution in [2.75, 3.05) is 6.54 Å². The van der Waals surface area contributed by atoms with Gasteiger partial charge in [0.25, 0.3) is 0 Å². The minimum Gasteiger partial charge on any atom is -0.490 e. The smallest absolute Gasteiger partial charge is 0.151 e. The third-order valence-electron chi connectivity index (χ3n) is 3.66.